The lowest BCUT2D eigenvalue weighted by Crippen LogP contribution is -2.48. The highest BCUT2D eigenvalue weighted by Crippen LogP contribution is 2.18. The third-order valence-corrected chi connectivity index (χ3v) is 3.74. The predicted molar refractivity (Wildman–Crippen MR) is 96.3 cm³/mol. The van der Waals surface area contributed by atoms with Crippen molar-refractivity contribution in [1.29, 1.82) is 0 Å². The molecule has 0 saturated carbocycles. The molecule has 0 aliphatic carbocycles. The monoisotopic (exact) mass is 375 g/mol. The van der Waals surface area contributed by atoms with Gasteiger partial charge in [0.2, 0.25) is 5.91 Å². The first kappa shape index (κ1) is 24.7. The number of allylic oxidation sites excluding steroid dienone is 1. The van der Waals surface area contributed by atoms with Gasteiger partial charge in [-0.15, -0.1) is 0 Å². The number of nitrogens with one attached hydrogen (secondary N) is 1. The summed E-state index contributed by atoms with van der Waals surface area (Å²) in [5.74, 6) is -1.68. The average Bonchev–Trinajstić information content (AvgIpc) is 2.56. The van der Waals surface area contributed by atoms with Crippen molar-refractivity contribution in [3.05, 3.63) is 12.2 Å². The van der Waals surface area contributed by atoms with Crippen LogP contribution in [0.1, 0.15) is 34.1 Å². The molecule has 0 rings (SSSR count). The Labute approximate surface area is 154 Å². The Balaban J connectivity index is 4.89. The maximum atomic E-state index is 12.3. The maximum Gasteiger partial charge on any atom is 0.223 e. The van der Waals surface area contributed by atoms with Crippen molar-refractivity contribution in [1.82, 2.24) is 5.32 Å². The summed E-state index contributed by atoms with van der Waals surface area (Å²) in [4.78, 5) is 24.1. The Kier molecular flexibility index (Phi) is 10.8. The fourth-order valence-electron chi connectivity index (χ4n) is 2.21. The summed E-state index contributed by atoms with van der Waals surface area (Å²) in [6.45, 7) is 7.12. The topological polar surface area (TPSA) is 136 Å². The predicted octanol–water partition coefficient (Wildman–Crippen LogP) is -0.610. The number of hydrogen-bond donors (Lipinski definition) is 5. The van der Waals surface area contributed by atoms with Gasteiger partial charge in [0.05, 0.1) is 6.61 Å². The molecule has 0 aliphatic heterocycles. The smallest absolute Gasteiger partial charge is 0.223 e. The van der Waals surface area contributed by atoms with E-state index in [1.165, 1.54) is 20.1 Å². The summed E-state index contributed by atoms with van der Waals surface area (Å²) in [5, 5.41) is 41.5. The van der Waals surface area contributed by atoms with E-state index in [0.717, 1.165) is 0 Å². The molecule has 5 atom stereocenters. The Hall–Kier alpha value is -1.32. The number of methoxy groups -OCH3 is 1. The molecule has 0 aromatic rings. The number of amides is 1. The Morgan fingerprint density at radius 3 is 2.19 bits per heavy atom. The highest BCUT2D eigenvalue weighted by Gasteiger charge is 2.36. The highest BCUT2D eigenvalue weighted by molar-refractivity contribution is 5.89. The van der Waals surface area contributed by atoms with Crippen molar-refractivity contribution in [3.63, 3.8) is 0 Å². The van der Waals surface area contributed by atoms with Gasteiger partial charge in [-0.25, -0.2) is 0 Å². The van der Waals surface area contributed by atoms with Gasteiger partial charge in [0.25, 0.3) is 0 Å². The number of ether oxygens (including phenoxy) is 1. The average molecular weight is 375 g/mol. The fraction of sp³-hybridized carbons (Fsp3) is 0.778. The molecular formula is C18H33NO7. The van der Waals surface area contributed by atoms with E-state index in [-0.39, 0.29) is 25.0 Å². The van der Waals surface area contributed by atoms with Gasteiger partial charge in [-0.2, -0.15) is 0 Å². The van der Waals surface area contributed by atoms with E-state index in [1.807, 2.05) is 20.8 Å². The maximum absolute atomic E-state index is 12.3. The van der Waals surface area contributed by atoms with Crippen molar-refractivity contribution in [2.45, 2.75) is 58.5 Å². The quantitative estimate of drug-likeness (QED) is 0.304. The number of aliphatic hydroxyl groups is 4. The van der Waals surface area contributed by atoms with Crippen molar-refractivity contribution in [2.24, 2.45) is 11.3 Å². The number of aliphatic hydroxyl groups excluding tert-OH is 4. The largest absolute Gasteiger partial charge is 0.395 e. The lowest BCUT2D eigenvalue weighted by molar-refractivity contribution is -0.149. The molecule has 26 heavy (non-hydrogen) atoms. The van der Waals surface area contributed by atoms with Crippen LogP contribution in [0.2, 0.25) is 0 Å². The molecule has 0 unspecified atom stereocenters. The number of rotatable bonds is 11. The Morgan fingerprint density at radius 1 is 1.15 bits per heavy atom. The van der Waals surface area contributed by atoms with E-state index in [0.29, 0.717) is 0 Å². The summed E-state index contributed by atoms with van der Waals surface area (Å²) in [5.41, 5.74) is -0.223. The second-order valence-corrected chi connectivity index (χ2v) is 7.44. The van der Waals surface area contributed by atoms with Crippen LogP contribution >= 0.6 is 0 Å². The molecule has 0 aromatic heterocycles. The molecule has 0 radical (unpaired) electrons. The van der Waals surface area contributed by atoms with Crippen LogP contribution in [-0.2, 0) is 14.3 Å². The summed E-state index contributed by atoms with van der Waals surface area (Å²) in [7, 11) is 1.20. The third-order valence-electron chi connectivity index (χ3n) is 3.74. The second-order valence-electron chi connectivity index (χ2n) is 7.44. The van der Waals surface area contributed by atoms with E-state index >= 15 is 0 Å². The first-order valence-electron chi connectivity index (χ1n) is 8.62. The lowest BCUT2D eigenvalue weighted by Gasteiger charge is -2.27. The fourth-order valence-corrected chi connectivity index (χ4v) is 2.21. The minimum Gasteiger partial charge on any atom is -0.395 e. The van der Waals surface area contributed by atoms with Crippen LogP contribution in [0.4, 0.5) is 0 Å². The van der Waals surface area contributed by atoms with Gasteiger partial charge in [0.1, 0.15) is 24.4 Å². The minimum atomic E-state index is -1.65. The van der Waals surface area contributed by atoms with Crippen LogP contribution in [-0.4, -0.2) is 76.8 Å². The van der Waals surface area contributed by atoms with Crippen LogP contribution in [0.15, 0.2) is 12.2 Å². The summed E-state index contributed by atoms with van der Waals surface area (Å²) < 4.78 is 4.99. The molecule has 5 N–H and O–H groups in total. The number of ketones is 1. The summed E-state index contributed by atoms with van der Waals surface area (Å²) in [6.07, 6.45) is -3.20. The zero-order valence-electron chi connectivity index (χ0n) is 16.2. The Morgan fingerprint density at radius 2 is 1.73 bits per heavy atom. The van der Waals surface area contributed by atoms with Crippen LogP contribution < -0.4 is 5.32 Å². The van der Waals surface area contributed by atoms with Crippen molar-refractivity contribution < 1.29 is 34.8 Å². The first-order chi connectivity index (χ1) is 11.9. The molecule has 152 valence electrons. The Bertz CT molecular complexity index is 473. The van der Waals surface area contributed by atoms with Crippen molar-refractivity contribution in [2.75, 3.05) is 20.3 Å². The summed E-state index contributed by atoms with van der Waals surface area (Å²) >= 11 is 0. The van der Waals surface area contributed by atoms with Gasteiger partial charge in [-0.05, 0) is 5.41 Å². The molecule has 0 spiro atoms. The van der Waals surface area contributed by atoms with Gasteiger partial charge in [0, 0.05) is 26.0 Å². The van der Waals surface area contributed by atoms with Crippen molar-refractivity contribution >= 4 is 11.7 Å². The van der Waals surface area contributed by atoms with Crippen LogP contribution in [0.25, 0.3) is 0 Å². The molecule has 8 nitrogen and oxygen atoms in total. The van der Waals surface area contributed by atoms with Crippen LogP contribution in [0.5, 0.6) is 0 Å². The zero-order valence-corrected chi connectivity index (χ0v) is 16.2. The number of carbonyl (C=O) groups excluding carboxylic acids is 2. The second kappa shape index (κ2) is 11.4. The van der Waals surface area contributed by atoms with E-state index < -0.39 is 42.0 Å². The number of carbonyl (C=O) groups is 2. The van der Waals surface area contributed by atoms with Crippen molar-refractivity contribution in [3.8, 4) is 0 Å². The van der Waals surface area contributed by atoms with E-state index in [2.05, 4.69) is 5.32 Å². The molecule has 0 saturated heterocycles. The lowest BCUT2D eigenvalue weighted by atomic mass is 9.92. The van der Waals surface area contributed by atoms with E-state index in [1.54, 1.807) is 6.08 Å². The zero-order chi connectivity index (χ0) is 20.5. The van der Waals surface area contributed by atoms with Gasteiger partial charge in [-0.3, -0.25) is 9.59 Å². The highest BCUT2D eigenvalue weighted by atomic mass is 16.5. The van der Waals surface area contributed by atoms with Gasteiger partial charge < -0.3 is 30.5 Å². The third kappa shape index (κ3) is 8.86. The normalized spacial score (nSPS) is 18.2. The first-order valence-corrected chi connectivity index (χ1v) is 8.62. The summed E-state index contributed by atoms with van der Waals surface area (Å²) in [6, 6.07) is 0. The van der Waals surface area contributed by atoms with Gasteiger partial charge in [-0.1, -0.05) is 39.8 Å². The SMILES string of the molecule is CO[C@@H](C(=O)C[C@@H](C)C(=O)NCCO)[C@H](O)[C@@H](O)[C@H](O)/C=C/C(C)(C)C. The minimum absolute atomic E-state index is 0.0821. The molecule has 0 fully saturated rings. The van der Waals surface area contributed by atoms with Crippen LogP contribution in [0.3, 0.4) is 0 Å². The van der Waals surface area contributed by atoms with Gasteiger partial charge in [0.15, 0.2) is 5.78 Å². The van der Waals surface area contributed by atoms with Gasteiger partial charge >= 0.3 is 0 Å². The molecule has 0 aromatic carbocycles. The standard InChI is InChI=1S/C18H33NO7/c1-11(17(25)19-8-9-20)10-13(22)16(26-5)15(24)14(23)12(21)6-7-18(2,3)4/h6-7,11-12,14-16,20-21,23-24H,8-10H2,1-5H3,(H,19,25)/b7-6+/t11-,12-,14+,15-,16+/m1/s1. The molecule has 0 bridgehead atoms. The number of hydrogen-bond acceptors (Lipinski definition) is 7. The number of Topliss-reactive ketones (excluding diaryl/α,β-unsaturated/α-hetero) is 1. The molecule has 0 aliphatic rings. The molecule has 8 heteroatoms. The molecule has 1 amide bonds. The van der Waals surface area contributed by atoms with E-state index in [4.69, 9.17) is 9.84 Å². The van der Waals surface area contributed by atoms with Crippen LogP contribution in [0, 0.1) is 11.3 Å². The molecular weight excluding hydrogens is 342 g/mol. The molecule has 0 heterocycles. The van der Waals surface area contributed by atoms with E-state index in [9.17, 15) is 24.9 Å².